The summed E-state index contributed by atoms with van der Waals surface area (Å²) in [6, 6.07) is 9.08. The zero-order valence-corrected chi connectivity index (χ0v) is 20.5. The van der Waals surface area contributed by atoms with E-state index in [0.29, 0.717) is 38.4 Å². The lowest BCUT2D eigenvalue weighted by atomic mass is 9.86. The molecule has 2 aromatic carbocycles. The summed E-state index contributed by atoms with van der Waals surface area (Å²) >= 11 is 0. The highest BCUT2D eigenvalue weighted by Crippen LogP contribution is 2.42. The molecule has 39 heavy (non-hydrogen) atoms. The topological polar surface area (TPSA) is 189 Å². The Morgan fingerprint density at radius 3 is 2.33 bits per heavy atom. The number of hydrogen-bond acceptors (Lipinski definition) is 11. The normalized spacial score (nSPS) is 24.5. The smallest absolute Gasteiger partial charge is 0.306 e. The molecule has 13 nitrogen and oxygen atoms in total. The summed E-state index contributed by atoms with van der Waals surface area (Å²) in [6.07, 6.45) is 0. The number of ether oxygens (including phenoxy) is 2. The fraction of sp³-hybridized carbons (Fsp3) is 0.400. The fourth-order valence-electron chi connectivity index (χ4n) is 4.87. The van der Waals surface area contributed by atoms with Gasteiger partial charge >= 0.3 is 5.79 Å². The molecule has 3 aliphatic rings. The molecule has 0 radical (unpaired) electrons. The molecule has 6 N–H and O–H groups in total. The third kappa shape index (κ3) is 4.17. The standard InChI is InChI=1S/C25H26FN3O10/c26-19-14(11-28-7-9-38-10-8-28)3-1-4-15(19)13-39-18-6-2-5-16-17(18)12-29(20(16)30)23(33)21(31)27-22(32)24(34,35)25(23,36)37/h1-6,33-37H,7-13H2,(H,27,31,32). The molecule has 0 bridgehead atoms. The molecule has 0 saturated carbocycles. The van der Waals surface area contributed by atoms with Crippen molar-refractivity contribution in [2.75, 3.05) is 26.3 Å². The number of carbonyl (C=O) groups is 3. The van der Waals surface area contributed by atoms with Crippen LogP contribution >= 0.6 is 0 Å². The Hall–Kier alpha value is -3.50. The van der Waals surface area contributed by atoms with Gasteiger partial charge in [-0.3, -0.25) is 29.5 Å². The number of imide groups is 1. The lowest BCUT2D eigenvalue weighted by Crippen LogP contribution is -2.85. The molecule has 3 amide bonds. The van der Waals surface area contributed by atoms with Crippen LogP contribution in [0.25, 0.3) is 0 Å². The maximum Gasteiger partial charge on any atom is 0.306 e. The van der Waals surface area contributed by atoms with Crippen LogP contribution in [0.4, 0.5) is 4.39 Å². The molecule has 3 aliphatic heterocycles. The average molecular weight is 547 g/mol. The van der Waals surface area contributed by atoms with Crippen molar-refractivity contribution in [3.8, 4) is 5.75 Å². The van der Waals surface area contributed by atoms with Crippen LogP contribution in [0.3, 0.4) is 0 Å². The van der Waals surface area contributed by atoms with Crippen LogP contribution in [0.5, 0.6) is 5.75 Å². The van der Waals surface area contributed by atoms with Crippen molar-refractivity contribution in [1.82, 2.24) is 15.1 Å². The maximum atomic E-state index is 15.2. The number of halogens is 1. The zero-order valence-electron chi connectivity index (χ0n) is 20.5. The minimum Gasteiger partial charge on any atom is -0.488 e. The third-order valence-corrected chi connectivity index (χ3v) is 7.19. The molecule has 5 rings (SSSR count). The van der Waals surface area contributed by atoms with Gasteiger partial charge in [0.2, 0.25) is 0 Å². The van der Waals surface area contributed by atoms with Gasteiger partial charge in [0.15, 0.2) is 0 Å². The van der Waals surface area contributed by atoms with Crippen LogP contribution in [-0.2, 0) is 34.0 Å². The van der Waals surface area contributed by atoms with E-state index in [2.05, 4.69) is 4.90 Å². The van der Waals surface area contributed by atoms with E-state index in [1.165, 1.54) is 23.5 Å². The van der Waals surface area contributed by atoms with Crippen LogP contribution in [0.15, 0.2) is 36.4 Å². The summed E-state index contributed by atoms with van der Waals surface area (Å²) in [5, 5.41) is 53.0. The SMILES string of the molecule is O=C1c2cccc(OCc3cccc(CN4CCOCC4)c3F)c2CN1C1(O)C(=O)NC(=O)C(O)(O)C1(O)O. The quantitative estimate of drug-likeness (QED) is 0.172. The van der Waals surface area contributed by atoms with Crippen molar-refractivity contribution in [1.29, 1.82) is 0 Å². The molecule has 1 atom stereocenters. The predicted molar refractivity (Wildman–Crippen MR) is 126 cm³/mol. The average Bonchev–Trinajstić information content (AvgIpc) is 3.25. The van der Waals surface area contributed by atoms with Crippen molar-refractivity contribution >= 4 is 17.7 Å². The van der Waals surface area contributed by atoms with Gasteiger partial charge in [-0.1, -0.05) is 24.3 Å². The number of hydrogen-bond donors (Lipinski definition) is 6. The van der Waals surface area contributed by atoms with Gasteiger partial charge in [0.1, 0.15) is 18.2 Å². The lowest BCUT2D eigenvalue weighted by Gasteiger charge is -2.50. The van der Waals surface area contributed by atoms with E-state index in [1.54, 1.807) is 18.2 Å². The number of aliphatic hydroxyl groups is 5. The van der Waals surface area contributed by atoms with E-state index in [4.69, 9.17) is 9.47 Å². The van der Waals surface area contributed by atoms with Gasteiger partial charge in [0.25, 0.3) is 29.2 Å². The predicted octanol–water partition coefficient (Wildman–Crippen LogP) is -2.10. The van der Waals surface area contributed by atoms with Crippen molar-refractivity contribution in [3.63, 3.8) is 0 Å². The van der Waals surface area contributed by atoms with Crippen LogP contribution in [0.1, 0.15) is 27.0 Å². The molecule has 14 heteroatoms. The van der Waals surface area contributed by atoms with Gasteiger partial charge in [0.05, 0.1) is 19.8 Å². The van der Waals surface area contributed by atoms with E-state index in [0.717, 1.165) is 0 Å². The van der Waals surface area contributed by atoms with E-state index in [9.17, 15) is 39.9 Å². The number of nitrogens with zero attached hydrogens (tertiary/aromatic N) is 2. The molecule has 0 aromatic heterocycles. The van der Waals surface area contributed by atoms with E-state index in [-0.39, 0.29) is 33.9 Å². The Morgan fingerprint density at radius 2 is 1.62 bits per heavy atom. The van der Waals surface area contributed by atoms with Crippen LogP contribution in [-0.4, -0.2) is 96.7 Å². The van der Waals surface area contributed by atoms with Gasteiger partial charge in [0, 0.05) is 41.9 Å². The molecule has 3 heterocycles. The summed E-state index contributed by atoms with van der Waals surface area (Å²) in [5.74, 6) is -13.4. The summed E-state index contributed by atoms with van der Waals surface area (Å²) in [6.45, 7) is 1.98. The number of benzene rings is 2. The Morgan fingerprint density at radius 1 is 0.949 bits per heavy atom. The first-order chi connectivity index (χ1) is 18.4. The third-order valence-electron chi connectivity index (χ3n) is 7.19. The Labute approximate surface area is 220 Å². The second-order valence-electron chi connectivity index (χ2n) is 9.54. The largest absolute Gasteiger partial charge is 0.488 e. The number of carbonyl (C=O) groups excluding carboxylic acids is 3. The van der Waals surface area contributed by atoms with Crippen molar-refractivity contribution < 1.29 is 53.8 Å². The first-order valence-corrected chi connectivity index (χ1v) is 12.0. The summed E-state index contributed by atoms with van der Waals surface area (Å²) in [4.78, 5) is 39.7. The zero-order chi connectivity index (χ0) is 28.2. The second kappa shape index (κ2) is 9.60. The molecule has 208 valence electrons. The number of fused-ring (bicyclic) bond motifs is 1. The Kier molecular flexibility index (Phi) is 6.67. The summed E-state index contributed by atoms with van der Waals surface area (Å²) < 4.78 is 26.4. The lowest BCUT2D eigenvalue weighted by molar-refractivity contribution is -0.407. The summed E-state index contributed by atoms with van der Waals surface area (Å²) in [5.41, 5.74) is -2.99. The van der Waals surface area contributed by atoms with E-state index in [1.807, 2.05) is 0 Å². The maximum absolute atomic E-state index is 15.2. The van der Waals surface area contributed by atoms with Crippen molar-refractivity contribution in [3.05, 3.63) is 64.5 Å². The highest BCUT2D eigenvalue weighted by molar-refractivity contribution is 6.10. The monoisotopic (exact) mass is 547 g/mol. The van der Waals surface area contributed by atoms with Gasteiger partial charge in [-0.25, -0.2) is 4.39 Å². The first-order valence-electron chi connectivity index (χ1n) is 12.0. The number of nitrogens with one attached hydrogen (secondary N) is 1. The number of piperidine rings is 1. The highest BCUT2D eigenvalue weighted by Gasteiger charge is 2.76. The second-order valence-corrected chi connectivity index (χ2v) is 9.54. The molecule has 2 saturated heterocycles. The van der Waals surface area contributed by atoms with Crippen LogP contribution < -0.4 is 10.1 Å². The van der Waals surface area contributed by atoms with Gasteiger partial charge in [-0.05, 0) is 12.1 Å². The van der Waals surface area contributed by atoms with Crippen LogP contribution in [0.2, 0.25) is 0 Å². The summed E-state index contributed by atoms with van der Waals surface area (Å²) in [7, 11) is 0. The fourth-order valence-corrected chi connectivity index (χ4v) is 4.87. The molecular weight excluding hydrogens is 521 g/mol. The molecule has 0 spiro atoms. The molecule has 2 aromatic rings. The minimum atomic E-state index is -4.21. The van der Waals surface area contributed by atoms with E-state index < -0.39 is 47.4 Å². The Bertz CT molecular complexity index is 1340. The number of amides is 3. The van der Waals surface area contributed by atoms with Gasteiger partial charge < -0.3 is 35.0 Å². The van der Waals surface area contributed by atoms with Gasteiger partial charge in [-0.15, -0.1) is 0 Å². The first kappa shape index (κ1) is 27.1. The van der Waals surface area contributed by atoms with Crippen molar-refractivity contribution in [2.45, 2.75) is 37.0 Å². The Balaban J connectivity index is 1.38. The van der Waals surface area contributed by atoms with Gasteiger partial charge in [-0.2, -0.15) is 0 Å². The highest BCUT2D eigenvalue weighted by atomic mass is 19.1. The molecule has 1 unspecified atom stereocenters. The molecular formula is C25H26FN3O10. The molecule has 0 aliphatic carbocycles. The van der Waals surface area contributed by atoms with Crippen LogP contribution in [0, 0.1) is 5.82 Å². The minimum absolute atomic E-state index is 0.0676. The number of rotatable bonds is 6. The molecule has 2 fully saturated rings. The van der Waals surface area contributed by atoms with Crippen molar-refractivity contribution in [2.24, 2.45) is 0 Å². The number of morpholine rings is 1. The van der Waals surface area contributed by atoms with E-state index >= 15 is 4.39 Å².